The van der Waals surface area contributed by atoms with Gasteiger partial charge in [-0.3, -0.25) is 4.79 Å². The lowest BCUT2D eigenvalue weighted by molar-refractivity contribution is -0.254. The molecule has 0 radical (unpaired) electrons. The Morgan fingerprint density at radius 1 is 1.00 bits per heavy atom. The molecule has 24 heavy (non-hydrogen) atoms. The molecule has 0 bridgehead atoms. The first-order valence-corrected chi connectivity index (χ1v) is 6.87. The van der Waals surface area contributed by atoms with E-state index >= 15 is 0 Å². The highest BCUT2D eigenvalue weighted by molar-refractivity contribution is 6.08. The molecule has 1 aliphatic rings. The quantitative estimate of drug-likeness (QED) is 0.915. The van der Waals surface area contributed by atoms with Gasteiger partial charge < -0.3 is 24.7 Å². The molecule has 0 aromatic heterocycles. The largest absolute Gasteiger partial charge is 0.545 e. The monoisotopic (exact) mass is 334 g/mol. The van der Waals surface area contributed by atoms with Crippen LogP contribution in [0.1, 0.15) is 20.7 Å². The first-order valence-electron chi connectivity index (χ1n) is 6.87. The van der Waals surface area contributed by atoms with Gasteiger partial charge in [0.2, 0.25) is 0 Å². The lowest BCUT2D eigenvalue weighted by Crippen LogP contribution is -2.26. The van der Waals surface area contributed by atoms with E-state index in [1.54, 1.807) is 0 Å². The first kappa shape index (κ1) is 15.7. The Hall–Kier alpha value is -3.16. The molecule has 1 amide bonds. The van der Waals surface area contributed by atoms with E-state index in [4.69, 9.17) is 9.47 Å². The average Bonchev–Trinajstić information content (AvgIpc) is 2.53. The van der Waals surface area contributed by atoms with Crippen molar-refractivity contribution in [2.45, 2.75) is 0 Å². The Morgan fingerprint density at radius 3 is 2.29 bits per heavy atom. The summed E-state index contributed by atoms with van der Waals surface area (Å²) >= 11 is 0. The maximum atomic E-state index is 13.7. The number of benzene rings is 2. The minimum absolute atomic E-state index is 0.145. The Balaban J connectivity index is 1.96. The molecule has 0 saturated heterocycles. The van der Waals surface area contributed by atoms with Crippen LogP contribution in [0.5, 0.6) is 11.5 Å². The van der Waals surface area contributed by atoms with E-state index in [9.17, 15) is 23.5 Å². The summed E-state index contributed by atoms with van der Waals surface area (Å²) in [6.07, 6.45) is 0. The molecule has 1 heterocycles. The summed E-state index contributed by atoms with van der Waals surface area (Å²) in [5, 5.41) is 13.5. The number of carboxylic acid groups (broad SMARTS) is 1. The number of nitrogens with one attached hydrogen (secondary N) is 1. The van der Waals surface area contributed by atoms with E-state index in [2.05, 4.69) is 5.32 Å². The van der Waals surface area contributed by atoms with Gasteiger partial charge in [-0.05, 0) is 18.2 Å². The molecule has 1 aliphatic heterocycles. The van der Waals surface area contributed by atoms with Crippen molar-refractivity contribution in [1.29, 1.82) is 0 Å². The fraction of sp³-hybridized carbons (Fsp3) is 0.125. The summed E-state index contributed by atoms with van der Waals surface area (Å²) < 4.78 is 37.1. The molecule has 0 saturated carbocycles. The van der Waals surface area contributed by atoms with Crippen molar-refractivity contribution >= 4 is 17.6 Å². The number of aromatic carboxylic acids is 1. The maximum absolute atomic E-state index is 13.7. The van der Waals surface area contributed by atoms with E-state index in [1.165, 1.54) is 6.07 Å². The van der Waals surface area contributed by atoms with Crippen molar-refractivity contribution in [3.05, 3.63) is 53.1 Å². The molecule has 1 N–H and O–H groups in total. The fourth-order valence-electron chi connectivity index (χ4n) is 2.22. The van der Waals surface area contributed by atoms with Crippen molar-refractivity contribution in [2.24, 2.45) is 0 Å². The van der Waals surface area contributed by atoms with Crippen molar-refractivity contribution in [1.82, 2.24) is 0 Å². The smallest absolute Gasteiger partial charge is 0.258 e. The molecule has 0 unspecified atom stereocenters. The van der Waals surface area contributed by atoms with Gasteiger partial charge in [-0.2, -0.15) is 0 Å². The van der Waals surface area contributed by atoms with Crippen molar-refractivity contribution in [3.8, 4) is 11.5 Å². The van der Waals surface area contributed by atoms with Crippen molar-refractivity contribution in [2.75, 3.05) is 18.5 Å². The van der Waals surface area contributed by atoms with Gasteiger partial charge in [0.1, 0.15) is 24.8 Å². The summed E-state index contributed by atoms with van der Waals surface area (Å²) in [7, 11) is 0. The molecule has 124 valence electrons. The molecule has 0 aliphatic carbocycles. The van der Waals surface area contributed by atoms with Gasteiger partial charge in [0.05, 0.1) is 17.2 Å². The average molecular weight is 334 g/mol. The second-order valence-corrected chi connectivity index (χ2v) is 4.91. The number of amides is 1. The predicted octanol–water partition coefficient (Wildman–Crippen LogP) is 1.35. The van der Waals surface area contributed by atoms with Crippen LogP contribution >= 0.6 is 0 Å². The Labute approximate surface area is 134 Å². The van der Waals surface area contributed by atoms with Crippen LogP contribution in [0.2, 0.25) is 0 Å². The summed E-state index contributed by atoms with van der Waals surface area (Å²) in [5.41, 5.74) is -0.932. The van der Waals surface area contributed by atoms with Gasteiger partial charge in [-0.15, -0.1) is 0 Å². The molecule has 3 rings (SSSR count). The number of carbonyl (C=O) groups excluding carboxylic acids is 2. The molecule has 0 spiro atoms. The zero-order valence-corrected chi connectivity index (χ0v) is 12.1. The number of rotatable bonds is 3. The normalized spacial score (nSPS) is 12.6. The number of anilines is 1. The third kappa shape index (κ3) is 2.98. The third-order valence-corrected chi connectivity index (χ3v) is 3.33. The minimum Gasteiger partial charge on any atom is -0.545 e. The Kier molecular flexibility index (Phi) is 4.03. The summed E-state index contributed by atoms with van der Waals surface area (Å²) in [4.78, 5) is 23.4. The van der Waals surface area contributed by atoms with Crippen LogP contribution in [0.4, 0.5) is 14.5 Å². The molecule has 0 fully saturated rings. The number of carbonyl (C=O) groups is 2. The van der Waals surface area contributed by atoms with Crippen LogP contribution in [0, 0.1) is 11.6 Å². The van der Waals surface area contributed by atoms with Gasteiger partial charge in [0.25, 0.3) is 5.91 Å². The number of fused-ring (bicyclic) bond motifs is 1. The van der Waals surface area contributed by atoms with Crippen LogP contribution < -0.4 is 19.9 Å². The zero-order valence-electron chi connectivity index (χ0n) is 12.1. The number of halogens is 2. The van der Waals surface area contributed by atoms with Crippen LogP contribution in [-0.4, -0.2) is 25.1 Å². The molecule has 0 atom stereocenters. The number of hydrogen-bond acceptors (Lipinski definition) is 5. The number of carboxylic acids is 1. The highest BCUT2D eigenvalue weighted by Crippen LogP contribution is 2.35. The van der Waals surface area contributed by atoms with Gasteiger partial charge >= 0.3 is 0 Å². The maximum Gasteiger partial charge on any atom is 0.258 e. The fourth-order valence-corrected chi connectivity index (χ4v) is 2.22. The van der Waals surface area contributed by atoms with Gasteiger partial charge in [0, 0.05) is 17.7 Å². The minimum atomic E-state index is -1.55. The predicted molar refractivity (Wildman–Crippen MR) is 76.1 cm³/mol. The highest BCUT2D eigenvalue weighted by Gasteiger charge is 2.19. The van der Waals surface area contributed by atoms with E-state index in [1.807, 2.05) is 0 Å². The summed E-state index contributed by atoms with van der Waals surface area (Å²) in [6, 6.07) is 4.83. The van der Waals surface area contributed by atoms with E-state index < -0.39 is 29.1 Å². The SMILES string of the molecule is O=C(Nc1cc2c(cc1C(=O)[O-])OCCO2)c1ccc(F)cc1F. The summed E-state index contributed by atoms with van der Waals surface area (Å²) in [6.45, 7) is 0.517. The Bertz CT molecular complexity index is 837. The summed E-state index contributed by atoms with van der Waals surface area (Å²) in [5.74, 6) is -3.96. The van der Waals surface area contributed by atoms with Gasteiger partial charge in [-0.1, -0.05) is 0 Å². The second-order valence-electron chi connectivity index (χ2n) is 4.91. The second kappa shape index (κ2) is 6.15. The molecular formula is C16H10F2NO5-. The molecule has 6 nitrogen and oxygen atoms in total. The third-order valence-electron chi connectivity index (χ3n) is 3.33. The van der Waals surface area contributed by atoms with Crippen molar-refractivity contribution in [3.63, 3.8) is 0 Å². The first-order chi connectivity index (χ1) is 11.5. The van der Waals surface area contributed by atoms with Crippen molar-refractivity contribution < 1.29 is 33.0 Å². The van der Waals surface area contributed by atoms with E-state index in [-0.39, 0.29) is 36.0 Å². The Morgan fingerprint density at radius 2 is 1.67 bits per heavy atom. The number of hydrogen-bond donors (Lipinski definition) is 1. The van der Waals surface area contributed by atoms with Crippen LogP contribution in [-0.2, 0) is 0 Å². The van der Waals surface area contributed by atoms with E-state index in [0.717, 1.165) is 18.2 Å². The standard InChI is InChI=1S/C16H11F2NO5/c17-8-1-2-9(11(18)5-8)15(20)19-12-7-14-13(23-3-4-24-14)6-10(12)16(21)22/h1-2,5-7H,3-4H2,(H,19,20)(H,21,22)/p-1. The van der Waals surface area contributed by atoms with Crippen LogP contribution in [0.3, 0.4) is 0 Å². The zero-order chi connectivity index (χ0) is 17.3. The molecular weight excluding hydrogens is 324 g/mol. The van der Waals surface area contributed by atoms with E-state index in [0.29, 0.717) is 6.07 Å². The highest BCUT2D eigenvalue weighted by atomic mass is 19.1. The van der Waals surface area contributed by atoms with Gasteiger partial charge in [-0.25, -0.2) is 8.78 Å². The lowest BCUT2D eigenvalue weighted by atomic mass is 10.1. The topological polar surface area (TPSA) is 87.7 Å². The molecule has 2 aromatic rings. The molecule has 2 aromatic carbocycles. The van der Waals surface area contributed by atoms with Gasteiger partial charge in [0.15, 0.2) is 11.5 Å². The van der Waals surface area contributed by atoms with Crippen LogP contribution in [0.25, 0.3) is 0 Å². The lowest BCUT2D eigenvalue weighted by Gasteiger charge is -2.21. The molecule has 8 heteroatoms. The number of ether oxygens (including phenoxy) is 2. The van der Waals surface area contributed by atoms with Crippen LogP contribution in [0.15, 0.2) is 30.3 Å².